The van der Waals surface area contributed by atoms with E-state index in [2.05, 4.69) is 12.2 Å². The Labute approximate surface area is 123 Å². The van der Waals surface area contributed by atoms with E-state index in [1.165, 1.54) is 6.07 Å². The Morgan fingerprint density at radius 1 is 1.60 bits per heavy atom. The van der Waals surface area contributed by atoms with Gasteiger partial charge in [-0.2, -0.15) is 0 Å². The molecule has 0 amide bonds. The number of hydrogen-bond acceptors (Lipinski definition) is 4. The molecule has 2 atom stereocenters. The topological polar surface area (TPSA) is 75.4 Å². The fourth-order valence-corrected chi connectivity index (χ4v) is 3.23. The van der Waals surface area contributed by atoms with Crippen LogP contribution in [0.3, 0.4) is 0 Å². The van der Waals surface area contributed by atoms with E-state index in [-0.39, 0.29) is 12.3 Å². The third kappa shape index (κ3) is 3.04. The summed E-state index contributed by atoms with van der Waals surface area (Å²) in [6.07, 6.45) is 3.68. The van der Waals surface area contributed by atoms with Crippen molar-refractivity contribution in [1.82, 2.24) is 0 Å². The molecule has 2 N–H and O–H groups in total. The molecule has 1 aromatic rings. The number of aliphatic hydroxyl groups excluding tert-OH is 1. The molecule has 0 aliphatic heterocycles. The van der Waals surface area contributed by atoms with E-state index in [9.17, 15) is 15.2 Å². The van der Waals surface area contributed by atoms with Crippen molar-refractivity contribution in [2.75, 3.05) is 11.9 Å². The van der Waals surface area contributed by atoms with Gasteiger partial charge in [-0.3, -0.25) is 10.1 Å². The zero-order valence-electron chi connectivity index (χ0n) is 11.4. The summed E-state index contributed by atoms with van der Waals surface area (Å²) in [6.45, 7) is 2.08. The molecule has 0 radical (unpaired) electrons. The van der Waals surface area contributed by atoms with Crippen LogP contribution in [0.1, 0.15) is 32.6 Å². The van der Waals surface area contributed by atoms with Crippen molar-refractivity contribution in [3.05, 3.63) is 33.3 Å². The number of benzene rings is 1. The minimum Gasteiger partial charge on any atom is -0.394 e. The average molecular weight is 299 g/mol. The molecule has 1 aromatic carbocycles. The zero-order chi connectivity index (χ0) is 14.8. The van der Waals surface area contributed by atoms with E-state index >= 15 is 0 Å². The van der Waals surface area contributed by atoms with Crippen molar-refractivity contribution in [3.8, 4) is 0 Å². The Bertz CT molecular complexity index is 509. The molecule has 2 unspecified atom stereocenters. The third-order valence-electron chi connectivity index (χ3n) is 3.97. The summed E-state index contributed by atoms with van der Waals surface area (Å²) in [5.41, 5.74) is -0.265. The Kier molecular flexibility index (Phi) is 4.50. The lowest BCUT2D eigenvalue weighted by atomic mass is 9.76. The summed E-state index contributed by atoms with van der Waals surface area (Å²) >= 11 is 6.10. The molecule has 0 heterocycles. The Morgan fingerprint density at radius 3 is 2.95 bits per heavy atom. The molecule has 0 bridgehead atoms. The molecule has 1 fully saturated rings. The van der Waals surface area contributed by atoms with E-state index in [1.54, 1.807) is 12.1 Å². The molecule has 1 aliphatic rings. The van der Waals surface area contributed by atoms with Crippen molar-refractivity contribution in [2.45, 2.75) is 38.1 Å². The molecular formula is C14H19ClN2O3. The van der Waals surface area contributed by atoms with Crippen LogP contribution < -0.4 is 5.32 Å². The number of nitrogens with one attached hydrogen (secondary N) is 1. The average Bonchev–Trinajstić information content (AvgIpc) is 2.41. The molecular weight excluding hydrogens is 280 g/mol. The fourth-order valence-electron chi connectivity index (χ4n) is 3.01. The van der Waals surface area contributed by atoms with Crippen LogP contribution in [-0.4, -0.2) is 22.2 Å². The lowest BCUT2D eigenvalue weighted by molar-refractivity contribution is -0.384. The SMILES string of the molecule is CC1CCCC(CO)(Nc2c(Cl)cccc2[N+](=O)[O-])C1. The van der Waals surface area contributed by atoms with Gasteiger partial charge in [-0.25, -0.2) is 0 Å². The van der Waals surface area contributed by atoms with Crippen LogP contribution in [0.25, 0.3) is 0 Å². The first kappa shape index (κ1) is 15.1. The molecule has 20 heavy (non-hydrogen) atoms. The predicted molar refractivity (Wildman–Crippen MR) is 79.2 cm³/mol. The third-order valence-corrected chi connectivity index (χ3v) is 4.29. The molecule has 1 aliphatic carbocycles. The van der Waals surface area contributed by atoms with Gasteiger partial charge in [0.2, 0.25) is 0 Å². The lowest BCUT2D eigenvalue weighted by Gasteiger charge is -2.40. The van der Waals surface area contributed by atoms with Gasteiger partial charge in [0.05, 0.1) is 22.1 Å². The maximum Gasteiger partial charge on any atom is 0.293 e. The van der Waals surface area contributed by atoms with Gasteiger partial charge in [-0.05, 0) is 24.8 Å². The second-order valence-corrected chi connectivity index (χ2v) is 6.06. The fraction of sp³-hybridized carbons (Fsp3) is 0.571. The first-order valence-electron chi connectivity index (χ1n) is 6.79. The van der Waals surface area contributed by atoms with Gasteiger partial charge >= 0.3 is 0 Å². The zero-order valence-corrected chi connectivity index (χ0v) is 12.2. The van der Waals surface area contributed by atoms with Crippen molar-refractivity contribution in [3.63, 3.8) is 0 Å². The molecule has 6 heteroatoms. The van der Waals surface area contributed by atoms with Crippen LogP contribution in [-0.2, 0) is 0 Å². The molecule has 2 rings (SSSR count). The number of nitrogens with zero attached hydrogens (tertiary/aromatic N) is 1. The molecule has 0 spiro atoms. The molecule has 110 valence electrons. The van der Waals surface area contributed by atoms with Crippen LogP contribution in [0.5, 0.6) is 0 Å². The van der Waals surface area contributed by atoms with Crippen LogP contribution >= 0.6 is 11.6 Å². The van der Waals surface area contributed by atoms with Gasteiger partial charge in [0.15, 0.2) is 0 Å². The highest BCUT2D eigenvalue weighted by molar-refractivity contribution is 6.33. The standard InChI is InChI=1S/C14H19ClN2O3/c1-10-4-3-7-14(8-10,9-18)16-13-11(15)5-2-6-12(13)17(19)20/h2,5-6,10,16,18H,3-4,7-9H2,1H3. The van der Waals surface area contributed by atoms with Gasteiger partial charge in [-0.1, -0.05) is 37.4 Å². The van der Waals surface area contributed by atoms with Crippen molar-refractivity contribution in [1.29, 1.82) is 0 Å². The Hall–Kier alpha value is -1.33. The van der Waals surface area contributed by atoms with E-state index in [4.69, 9.17) is 11.6 Å². The van der Waals surface area contributed by atoms with E-state index in [1.807, 2.05) is 0 Å². The predicted octanol–water partition coefficient (Wildman–Crippen LogP) is 3.60. The smallest absolute Gasteiger partial charge is 0.293 e. The number of nitro groups is 1. The van der Waals surface area contributed by atoms with E-state index in [0.717, 1.165) is 25.7 Å². The first-order chi connectivity index (χ1) is 9.47. The van der Waals surface area contributed by atoms with E-state index < -0.39 is 10.5 Å². The number of aliphatic hydroxyl groups is 1. The number of anilines is 1. The molecule has 0 aromatic heterocycles. The Morgan fingerprint density at radius 2 is 2.35 bits per heavy atom. The minimum absolute atomic E-state index is 0.0523. The molecule has 1 saturated carbocycles. The second-order valence-electron chi connectivity index (χ2n) is 5.66. The summed E-state index contributed by atoms with van der Waals surface area (Å²) < 4.78 is 0. The van der Waals surface area contributed by atoms with Crippen LogP contribution in [0.4, 0.5) is 11.4 Å². The summed E-state index contributed by atoms with van der Waals surface area (Å²) in [7, 11) is 0. The van der Waals surface area contributed by atoms with Gasteiger partial charge in [0.1, 0.15) is 5.69 Å². The lowest BCUT2D eigenvalue weighted by Crippen LogP contribution is -2.46. The van der Waals surface area contributed by atoms with Crippen LogP contribution in [0, 0.1) is 16.0 Å². The first-order valence-corrected chi connectivity index (χ1v) is 7.17. The van der Waals surface area contributed by atoms with Crippen molar-refractivity contribution < 1.29 is 10.0 Å². The largest absolute Gasteiger partial charge is 0.394 e. The van der Waals surface area contributed by atoms with E-state index in [0.29, 0.717) is 16.6 Å². The highest BCUT2D eigenvalue weighted by Crippen LogP contribution is 2.39. The summed E-state index contributed by atoms with van der Waals surface area (Å²) in [5.74, 6) is 0.477. The maximum absolute atomic E-state index is 11.1. The molecule has 0 saturated heterocycles. The second kappa shape index (κ2) is 5.97. The van der Waals surface area contributed by atoms with Gasteiger partial charge < -0.3 is 10.4 Å². The maximum atomic E-state index is 11.1. The van der Waals surface area contributed by atoms with Gasteiger partial charge in [-0.15, -0.1) is 0 Å². The molecule has 5 nitrogen and oxygen atoms in total. The summed E-state index contributed by atoms with van der Waals surface area (Å²) in [4.78, 5) is 10.7. The number of hydrogen-bond donors (Lipinski definition) is 2. The summed E-state index contributed by atoms with van der Waals surface area (Å²) in [5, 5.41) is 24.4. The normalized spacial score (nSPS) is 26.2. The highest BCUT2D eigenvalue weighted by atomic mass is 35.5. The van der Waals surface area contributed by atoms with Crippen LogP contribution in [0.15, 0.2) is 18.2 Å². The summed E-state index contributed by atoms with van der Waals surface area (Å²) in [6, 6.07) is 4.60. The Balaban J connectivity index is 2.34. The van der Waals surface area contributed by atoms with Gasteiger partial charge in [0, 0.05) is 6.07 Å². The van der Waals surface area contributed by atoms with Crippen molar-refractivity contribution in [2.24, 2.45) is 5.92 Å². The quantitative estimate of drug-likeness (QED) is 0.658. The van der Waals surface area contributed by atoms with Crippen molar-refractivity contribution >= 4 is 23.0 Å². The minimum atomic E-state index is -0.520. The highest BCUT2D eigenvalue weighted by Gasteiger charge is 2.36. The monoisotopic (exact) mass is 298 g/mol. The van der Waals surface area contributed by atoms with Crippen LogP contribution in [0.2, 0.25) is 5.02 Å². The van der Waals surface area contributed by atoms with Gasteiger partial charge in [0.25, 0.3) is 5.69 Å². The number of halogens is 1. The number of rotatable bonds is 4. The number of para-hydroxylation sites is 1. The number of nitro benzene ring substituents is 1.